The molecular weight excluding hydrogens is 437 g/mol. The van der Waals surface area contributed by atoms with E-state index in [1.54, 1.807) is 19.1 Å². The molecule has 8 nitrogen and oxygen atoms in total. The van der Waals surface area contributed by atoms with Gasteiger partial charge in [-0.05, 0) is 50.1 Å². The Morgan fingerprint density at radius 1 is 1.09 bits per heavy atom. The van der Waals surface area contributed by atoms with Crippen LogP contribution in [0.1, 0.15) is 48.5 Å². The molecule has 0 saturated carbocycles. The number of sulfonamides is 1. The molecule has 1 aromatic heterocycles. The number of hydrogen-bond donors (Lipinski definition) is 0. The number of benzene rings is 2. The molecule has 1 aliphatic heterocycles. The molecule has 0 spiro atoms. The molecular formula is C22H22FN3O5S. The Morgan fingerprint density at radius 2 is 1.81 bits per heavy atom. The van der Waals surface area contributed by atoms with E-state index in [1.807, 2.05) is 18.2 Å². The Hall–Kier alpha value is -3.11. The van der Waals surface area contributed by atoms with Crippen LogP contribution in [0.5, 0.6) is 0 Å². The number of carbonyl (C=O) groups is 1. The molecule has 3 aromatic rings. The van der Waals surface area contributed by atoms with Gasteiger partial charge in [0.2, 0.25) is 15.9 Å². The molecule has 2 aromatic carbocycles. The van der Waals surface area contributed by atoms with Crippen LogP contribution in [0.4, 0.5) is 4.39 Å². The van der Waals surface area contributed by atoms with E-state index in [-0.39, 0.29) is 17.3 Å². The molecule has 1 saturated heterocycles. The molecule has 2 heterocycles. The summed E-state index contributed by atoms with van der Waals surface area (Å²) in [6.45, 7) is 2.21. The summed E-state index contributed by atoms with van der Waals surface area (Å²) in [5, 5.41) is 7.87. The second-order valence-corrected chi connectivity index (χ2v) is 9.38. The predicted octanol–water partition coefficient (Wildman–Crippen LogP) is 3.97. The van der Waals surface area contributed by atoms with E-state index < -0.39 is 32.8 Å². The third-order valence-corrected chi connectivity index (χ3v) is 7.11. The van der Waals surface area contributed by atoms with Crippen molar-refractivity contribution >= 4 is 16.0 Å². The highest BCUT2D eigenvalue weighted by Crippen LogP contribution is 2.26. The van der Waals surface area contributed by atoms with E-state index in [1.165, 1.54) is 10.4 Å². The van der Waals surface area contributed by atoms with Crippen LogP contribution in [0, 0.1) is 5.82 Å². The van der Waals surface area contributed by atoms with Crippen molar-refractivity contribution in [2.24, 2.45) is 0 Å². The molecule has 0 N–H and O–H groups in total. The highest BCUT2D eigenvalue weighted by atomic mass is 32.2. The summed E-state index contributed by atoms with van der Waals surface area (Å²) in [5.74, 6) is -1.38. The summed E-state index contributed by atoms with van der Waals surface area (Å²) in [6.07, 6.45) is 1.48. The predicted molar refractivity (Wildman–Crippen MR) is 113 cm³/mol. The van der Waals surface area contributed by atoms with Gasteiger partial charge in [0.05, 0.1) is 5.56 Å². The van der Waals surface area contributed by atoms with Crippen molar-refractivity contribution in [2.45, 2.75) is 37.2 Å². The molecule has 1 atom stereocenters. The average molecular weight is 459 g/mol. The molecule has 168 valence electrons. The topological polar surface area (TPSA) is 103 Å². The zero-order chi connectivity index (χ0) is 22.7. The van der Waals surface area contributed by atoms with Crippen molar-refractivity contribution in [3.05, 3.63) is 65.8 Å². The molecule has 10 heteroatoms. The zero-order valence-corrected chi connectivity index (χ0v) is 18.2. The fourth-order valence-corrected chi connectivity index (χ4v) is 5.06. The summed E-state index contributed by atoms with van der Waals surface area (Å²) < 4.78 is 52.3. The van der Waals surface area contributed by atoms with Crippen molar-refractivity contribution in [1.82, 2.24) is 14.5 Å². The maximum Gasteiger partial charge on any atom is 0.338 e. The Balaban J connectivity index is 1.51. The van der Waals surface area contributed by atoms with Gasteiger partial charge in [-0.1, -0.05) is 24.6 Å². The average Bonchev–Trinajstić information content (AvgIpc) is 3.31. The molecule has 0 radical (unpaired) electrons. The summed E-state index contributed by atoms with van der Waals surface area (Å²) in [6, 6.07) is 12.3. The molecule has 0 bridgehead atoms. The number of esters is 1. The normalized spacial score (nSPS) is 15.9. The van der Waals surface area contributed by atoms with Gasteiger partial charge in [-0.3, -0.25) is 0 Å². The second-order valence-electron chi connectivity index (χ2n) is 7.47. The van der Waals surface area contributed by atoms with E-state index >= 15 is 0 Å². The molecule has 1 fully saturated rings. The van der Waals surface area contributed by atoms with Crippen molar-refractivity contribution in [2.75, 3.05) is 13.1 Å². The molecule has 1 unspecified atom stereocenters. The summed E-state index contributed by atoms with van der Waals surface area (Å²) in [7, 11) is -4.05. The van der Waals surface area contributed by atoms with Gasteiger partial charge < -0.3 is 9.15 Å². The van der Waals surface area contributed by atoms with Gasteiger partial charge in [-0.25, -0.2) is 17.6 Å². The van der Waals surface area contributed by atoms with Gasteiger partial charge >= 0.3 is 5.97 Å². The third kappa shape index (κ3) is 4.56. The molecule has 32 heavy (non-hydrogen) atoms. The van der Waals surface area contributed by atoms with E-state index in [0.29, 0.717) is 13.1 Å². The SMILES string of the molecule is CC(OC(=O)c1ccc(F)c(S(=O)(=O)N2CCCCC2)c1)c1nnc(-c2ccccc2)o1. The van der Waals surface area contributed by atoms with Crippen molar-refractivity contribution in [3.63, 3.8) is 0 Å². The smallest absolute Gasteiger partial charge is 0.338 e. The Bertz CT molecular complexity index is 1210. The van der Waals surface area contributed by atoms with Gasteiger partial charge in [0.1, 0.15) is 10.7 Å². The summed E-state index contributed by atoms with van der Waals surface area (Å²) in [4.78, 5) is 12.1. The van der Waals surface area contributed by atoms with Crippen molar-refractivity contribution in [3.8, 4) is 11.5 Å². The van der Waals surface area contributed by atoms with Crippen LogP contribution < -0.4 is 0 Å². The first-order valence-corrected chi connectivity index (χ1v) is 11.7. The van der Waals surface area contributed by atoms with E-state index in [9.17, 15) is 17.6 Å². The third-order valence-electron chi connectivity index (χ3n) is 5.19. The van der Waals surface area contributed by atoms with Crippen LogP contribution in [0.25, 0.3) is 11.5 Å². The Kier molecular flexibility index (Phi) is 6.33. The second kappa shape index (κ2) is 9.17. The van der Waals surface area contributed by atoms with Crippen molar-refractivity contribution in [1.29, 1.82) is 0 Å². The Morgan fingerprint density at radius 3 is 2.53 bits per heavy atom. The quantitative estimate of drug-likeness (QED) is 0.514. The molecule has 0 amide bonds. The maximum absolute atomic E-state index is 14.4. The number of aromatic nitrogens is 2. The lowest BCUT2D eigenvalue weighted by Gasteiger charge is -2.26. The minimum Gasteiger partial charge on any atom is -0.449 e. The fraction of sp³-hybridized carbons (Fsp3) is 0.318. The highest BCUT2D eigenvalue weighted by molar-refractivity contribution is 7.89. The first-order chi connectivity index (χ1) is 15.4. The number of piperidine rings is 1. The van der Waals surface area contributed by atoms with Crippen LogP contribution in [0.3, 0.4) is 0 Å². The van der Waals surface area contributed by atoms with E-state index in [0.717, 1.165) is 37.0 Å². The highest BCUT2D eigenvalue weighted by Gasteiger charge is 2.30. The molecule has 1 aliphatic rings. The zero-order valence-electron chi connectivity index (χ0n) is 17.4. The van der Waals surface area contributed by atoms with Crippen LogP contribution in [0.2, 0.25) is 0 Å². The molecule has 4 rings (SSSR count). The lowest BCUT2D eigenvalue weighted by molar-refractivity contribution is 0.0279. The Labute approximate surface area is 185 Å². The monoisotopic (exact) mass is 459 g/mol. The van der Waals surface area contributed by atoms with Crippen LogP contribution >= 0.6 is 0 Å². The lowest BCUT2D eigenvalue weighted by Crippen LogP contribution is -2.36. The number of nitrogens with zero attached hydrogens (tertiary/aromatic N) is 3. The minimum absolute atomic E-state index is 0.0838. The largest absolute Gasteiger partial charge is 0.449 e. The number of ether oxygens (including phenoxy) is 1. The van der Waals surface area contributed by atoms with Gasteiger partial charge in [0.25, 0.3) is 5.89 Å². The first kappa shape index (κ1) is 22.1. The van der Waals surface area contributed by atoms with Gasteiger partial charge in [-0.2, -0.15) is 4.31 Å². The summed E-state index contributed by atoms with van der Waals surface area (Å²) in [5.41, 5.74) is 0.632. The van der Waals surface area contributed by atoms with Crippen LogP contribution in [-0.4, -0.2) is 42.0 Å². The van der Waals surface area contributed by atoms with E-state index in [2.05, 4.69) is 10.2 Å². The number of halogens is 1. The number of carbonyl (C=O) groups excluding carboxylic acids is 1. The van der Waals surface area contributed by atoms with Gasteiger partial charge in [0, 0.05) is 18.7 Å². The minimum atomic E-state index is -4.05. The van der Waals surface area contributed by atoms with Crippen molar-refractivity contribution < 1.29 is 26.8 Å². The van der Waals surface area contributed by atoms with Crippen LogP contribution in [-0.2, 0) is 14.8 Å². The van der Waals surface area contributed by atoms with Gasteiger partial charge in [0.15, 0.2) is 6.10 Å². The number of rotatable bonds is 6. The van der Waals surface area contributed by atoms with Gasteiger partial charge in [-0.15, -0.1) is 10.2 Å². The first-order valence-electron chi connectivity index (χ1n) is 10.3. The van der Waals surface area contributed by atoms with Crippen LogP contribution in [0.15, 0.2) is 57.8 Å². The fourth-order valence-electron chi connectivity index (χ4n) is 3.45. The lowest BCUT2D eigenvalue weighted by atomic mass is 10.2. The maximum atomic E-state index is 14.4. The standard InChI is InChI=1S/C22H22FN3O5S/c1-15(20-24-25-21(31-20)16-8-4-2-5-9-16)30-22(27)17-10-11-18(23)19(14-17)32(28,29)26-12-6-3-7-13-26/h2,4-5,8-11,14-15H,3,6-7,12-13H2,1H3. The van der Waals surface area contributed by atoms with E-state index in [4.69, 9.17) is 9.15 Å². The number of hydrogen-bond acceptors (Lipinski definition) is 7. The molecule has 0 aliphatic carbocycles. The summed E-state index contributed by atoms with van der Waals surface area (Å²) >= 11 is 0.